The molecule has 0 aromatic heterocycles. The summed E-state index contributed by atoms with van der Waals surface area (Å²) in [4.78, 5) is 11.5. The lowest BCUT2D eigenvalue weighted by atomic mass is 10.0. The van der Waals surface area contributed by atoms with Gasteiger partial charge in [0.2, 0.25) is 0 Å². The van der Waals surface area contributed by atoms with E-state index < -0.39 is 17.8 Å². The van der Waals surface area contributed by atoms with E-state index in [2.05, 4.69) is 43.6 Å². The summed E-state index contributed by atoms with van der Waals surface area (Å²) in [6.07, 6.45) is -0.267. The Labute approximate surface area is 135 Å². The molecule has 1 atom stereocenters. The van der Waals surface area contributed by atoms with Gasteiger partial charge in [0.15, 0.2) is 0 Å². The van der Waals surface area contributed by atoms with Crippen molar-refractivity contribution in [2.24, 2.45) is 11.1 Å². The molecular formula is C16H25BrFNO2. The fraction of sp³-hybridized carbons (Fsp3) is 0.562. The van der Waals surface area contributed by atoms with Crippen molar-refractivity contribution in [2.75, 3.05) is 0 Å². The van der Waals surface area contributed by atoms with Crippen molar-refractivity contribution < 1.29 is 13.9 Å². The molecule has 0 aliphatic carbocycles. The zero-order chi connectivity index (χ0) is 16.8. The van der Waals surface area contributed by atoms with Crippen LogP contribution in [-0.4, -0.2) is 12.1 Å². The summed E-state index contributed by atoms with van der Waals surface area (Å²) in [7, 11) is 0. The second-order valence-electron chi connectivity index (χ2n) is 6.63. The Morgan fingerprint density at radius 3 is 2.14 bits per heavy atom. The van der Waals surface area contributed by atoms with Crippen molar-refractivity contribution in [3.05, 3.63) is 34.1 Å². The fourth-order valence-electron chi connectivity index (χ4n) is 1.19. The Kier molecular flexibility index (Phi) is 8.11. The molecule has 0 spiro atoms. The van der Waals surface area contributed by atoms with Crippen molar-refractivity contribution in [3.8, 4) is 0 Å². The van der Waals surface area contributed by atoms with Crippen molar-refractivity contribution in [1.29, 1.82) is 0 Å². The minimum atomic E-state index is -1.09. The molecule has 21 heavy (non-hydrogen) atoms. The van der Waals surface area contributed by atoms with Crippen molar-refractivity contribution >= 4 is 21.9 Å². The molecule has 1 aromatic rings. The second kappa shape index (κ2) is 8.49. The summed E-state index contributed by atoms with van der Waals surface area (Å²) < 4.78 is 19.0. The van der Waals surface area contributed by atoms with Gasteiger partial charge in [-0.2, -0.15) is 0 Å². The molecule has 5 heteroatoms. The number of ether oxygens (including phenoxy) is 1. The van der Waals surface area contributed by atoms with Crippen LogP contribution in [0.4, 0.5) is 4.39 Å². The van der Waals surface area contributed by atoms with E-state index in [0.29, 0.717) is 9.89 Å². The Morgan fingerprint density at radius 1 is 1.29 bits per heavy atom. The molecular weight excluding hydrogens is 337 g/mol. The maximum absolute atomic E-state index is 13.5. The van der Waals surface area contributed by atoms with Crippen molar-refractivity contribution in [1.82, 2.24) is 0 Å². The van der Waals surface area contributed by atoms with Gasteiger partial charge in [0, 0.05) is 10.0 Å². The van der Waals surface area contributed by atoms with Crippen LogP contribution in [0.5, 0.6) is 0 Å². The molecule has 0 saturated heterocycles. The molecule has 3 nitrogen and oxygen atoms in total. The molecule has 2 N–H and O–H groups in total. The molecule has 0 aliphatic heterocycles. The first-order valence-corrected chi connectivity index (χ1v) is 7.62. The van der Waals surface area contributed by atoms with E-state index in [9.17, 15) is 9.18 Å². The van der Waals surface area contributed by atoms with E-state index >= 15 is 0 Å². The topological polar surface area (TPSA) is 52.3 Å². The smallest absolute Gasteiger partial charge is 0.327 e. The van der Waals surface area contributed by atoms with Gasteiger partial charge in [0.25, 0.3) is 0 Å². The summed E-state index contributed by atoms with van der Waals surface area (Å²) in [6, 6.07) is 3.26. The van der Waals surface area contributed by atoms with Crippen LogP contribution < -0.4 is 5.73 Å². The van der Waals surface area contributed by atoms with Crippen LogP contribution in [0.1, 0.15) is 53.1 Å². The van der Waals surface area contributed by atoms with Gasteiger partial charge in [-0.3, -0.25) is 0 Å². The van der Waals surface area contributed by atoms with Gasteiger partial charge in [-0.25, -0.2) is 9.18 Å². The molecule has 0 saturated carbocycles. The van der Waals surface area contributed by atoms with E-state index in [1.165, 1.54) is 12.1 Å². The summed E-state index contributed by atoms with van der Waals surface area (Å²) in [5.74, 6) is -1.15. The van der Waals surface area contributed by atoms with E-state index in [-0.39, 0.29) is 11.7 Å². The van der Waals surface area contributed by atoms with Crippen LogP contribution in [0, 0.1) is 11.2 Å². The predicted octanol–water partition coefficient (Wildman–Crippen LogP) is 4.59. The first-order chi connectivity index (χ1) is 9.41. The average molecular weight is 362 g/mol. The van der Waals surface area contributed by atoms with Crippen molar-refractivity contribution in [2.45, 2.75) is 53.7 Å². The van der Waals surface area contributed by atoms with Gasteiger partial charge in [0.1, 0.15) is 11.9 Å². The Morgan fingerprint density at radius 2 is 1.76 bits per heavy atom. The minimum Gasteiger partial charge on any atom is -0.462 e. The van der Waals surface area contributed by atoms with Gasteiger partial charge in [-0.15, -0.1) is 0 Å². The zero-order valence-corrected chi connectivity index (χ0v) is 15.1. The molecule has 1 unspecified atom stereocenters. The number of nitrogens with two attached hydrogens (primary N) is 1. The molecule has 120 valence electrons. The number of rotatable bonds is 3. The number of benzene rings is 1. The van der Waals surface area contributed by atoms with Crippen LogP contribution in [0.25, 0.3) is 0 Å². The van der Waals surface area contributed by atoms with E-state index in [0.717, 1.165) is 0 Å². The highest BCUT2D eigenvalue weighted by Gasteiger charge is 2.21. The van der Waals surface area contributed by atoms with Crippen LogP contribution in [0.3, 0.4) is 0 Å². The van der Waals surface area contributed by atoms with Gasteiger partial charge in [0.05, 0.1) is 6.10 Å². The van der Waals surface area contributed by atoms with Gasteiger partial charge in [-0.1, -0.05) is 49.7 Å². The summed E-state index contributed by atoms with van der Waals surface area (Å²) in [5.41, 5.74) is 6.24. The number of carbonyl (C=O) groups is 1. The summed E-state index contributed by atoms with van der Waals surface area (Å²) >= 11 is 3.13. The zero-order valence-electron chi connectivity index (χ0n) is 13.5. The maximum Gasteiger partial charge on any atom is 0.327 e. The lowest BCUT2D eigenvalue weighted by Gasteiger charge is -2.14. The minimum absolute atomic E-state index is 0.133. The third-order valence-corrected chi connectivity index (χ3v) is 2.40. The normalized spacial score (nSPS) is 12.5. The lowest BCUT2D eigenvalue weighted by molar-refractivity contribution is -0.149. The van der Waals surface area contributed by atoms with E-state index in [4.69, 9.17) is 10.5 Å². The monoisotopic (exact) mass is 361 g/mol. The third-order valence-electron chi connectivity index (χ3n) is 1.90. The number of halogens is 2. The highest BCUT2D eigenvalue weighted by atomic mass is 79.9. The van der Waals surface area contributed by atoms with Crippen LogP contribution in [0.15, 0.2) is 22.7 Å². The lowest BCUT2D eigenvalue weighted by Crippen LogP contribution is -2.26. The van der Waals surface area contributed by atoms with Crippen molar-refractivity contribution in [3.63, 3.8) is 0 Å². The molecule has 0 bridgehead atoms. The molecule has 0 fully saturated rings. The van der Waals surface area contributed by atoms with Crippen LogP contribution >= 0.6 is 15.9 Å². The maximum atomic E-state index is 13.5. The van der Waals surface area contributed by atoms with Crippen LogP contribution in [0.2, 0.25) is 0 Å². The predicted molar refractivity (Wildman–Crippen MR) is 87.4 cm³/mol. The molecule has 0 aliphatic rings. The SMILES string of the molecule is CC(C)(C)C.CC(C)OC(=O)C(N)c1ccc(Br)cc1F. The number of hydrogen-bond acceptors (Lipinski definition) is 3. The first kappa shape index (κ1) is 20.1. The quantitative estimate of drug-likeness (QED) is 0.800. The van der Waals surface area contributed by atoms with E-state index in [1.807, 2.05) is 0 Å². The van der Waals surface area contributed by atoms with Gasteiger partial charge < -0.3 is 10.5 Å². The third kappa shape index (κ3) is 9.58. The highest BCUT2D eigenvalue weighted by molar-refractivity contribution is 9.10. The van der Waals surface area contributed by atoms with E-state index in [1.54, 1.807) is 19.9 Å². The highest BCUT2D eigenvalue weighted by Crippen LogP contribution is 2.20. The second-order valence-corrected chi connectivity index (χ2v) is 7.54. The van der Waals surface area contributed by atoms with Crippen LogP contribution in [-0.2, 0) is 9.53 Å². The Hall–Kier alpha value is -0.940. The number of hydrogen-bond donors (Lipinski definition) is 1. The standard InChI is InChI=1S/C11H13BrFNO2.C5H12/c1-6(2)16-11(15)10(14)8-4-3-7(12)5-9(8)13;1-5(2,3)4/h3-6,10H,14H2,1-2H3;1-4H3. The summed E-state index contributed by atoms with van der Waals surface area (Å²) in [6.45, 7) is 12.2. The average Bonchev–Trinajstić information content (AvgIpc) is 2.24. The number of esters is 1. The number of carbonyl (C=O) groups excluding carboxylic acids is 1. The van der Waals surface area contributed by atoms with Gasteiger partial charge >= 0.3 is 5.97 Å². The fourth-order valence-corrected chi connectivity index (χ4v) is 1.52. The molecule has 0 heterocycles. The molecule has 1 aromatic carbocycles. The first-order valence-electron chi connectivity index (χ1n) is 6.83. The molecule has 0 amide bonds. The molecule has 1 rings (SSSR count). The largest absolute Gasteiger partial charge is 0.462 e. The Balaban J connectivity index is 0.000000690. The Bertz CT molecular complexity index is 464. The summed E-state index contributed by atoms with van der Waals surface area (Å²) in [5, 5.41) is 0. The van der Waals surface area contributed by atoms with Gasteiger partial charge in [-0.05, 0) is 31.4 Å². The molecule has 0 radical (unpaired) electrons.